The number of hydrogen-bond acceptors (Lipinski definition) is 3. The van der Waals surface area contributed by atoms with Crippen molar-refractivity contribution >= 4 is 11.4 Å². The number of carbonyl (C=O) groups is 1. The summed E-state index contributed by atoms with van der Waals surface area (Å²) in [6.07, 6.45) is 2.89. The topological polar surface area (TPSA) is 46.5 Å². The van der Waals surface area contributed by atoms with E-state index in [0.717, 1.165) is 27.8 Å². The van der Waals surface area contributed by atoms with Crippen molar-refractivity contribution < 1.29 is 14.6 Å². The molecular formula is C22H20O3. The van der Waals surface area contributed by atoms with E-state index in [9.17, 15) is 9.90 Å². The Hall–Kier alpha value is -2.65. The van der Waals surface area contributed by atoms with Crippen LogP contribution in [0.2, 0.25) is 0 Å². The minimum Gasteiger partial charge on any atom is -0.508 e. The van der Waals surface area contributed by atoms with Gasteiger partial charge >= 0.3 is 0 Å². The first-order valence-corrected chi connectivity index (χ1v) is 8.43. The summed E-state index contributed by atoms with van der Waals surface area (Å²) >= 11 is 0. The fourth-order valence-corrected chi connectivity index (χ4v) is 3.79. The van der Waals surface area contributed by atoms with Crippen molar-refractivity contribution in [2.24, 2.45) is 0 Å². The molecule has 25 heavy (non-hydrogen) atoms. The lowest BCUT2D eigenvalue weighted by molar-refractivity contribution is -0.128. The zero-order valence-corrected chi connectivity index (χ0v) is 14.5. The smallest absolute Gasteiger partial charge is 0.199 e. The molecule has 0 spiro atoms. The molecule has 2 aliphatic rings. The number of ether oxygens (including phenoxy) is 1. The lowest BCUT2D eigenvalue weighted by Gasteiger charge is -2.31. The summed E-state index contributed by atoms with van der Waals surface area (Å²) in [7, 11) is 0. The third-order valence-electron chi connectivity index (χ3n) is 5.06. The average Bonchev–Trinajstić information content (AvgIpc) is 2.97. The highest BCUT2D eigenvalue weighted by Crippen LogP contribution is 2.42. The predicted octanol–water partition coefficient (Wildman–Crippen LogP) is 4.54. The van der Waals surface area contributed by atoms with Crippen LogP contribution in [-0.4, -0.2) is 22.6 Å². The third-order valence-corrected chi connectivity index (χ3v) is 5.06. The number of aryl methyl sites for hydroxylation is 2. The lowest BCUT2D eigenvalue weighted by Crippen LogP contribution is -2.38. The van der Waals surface area contributed by atoms with Crippen LogP contribution in [0.1, 0.15) is 23.6 Å². The second-order valence-corrected chi connectivity index (χ2v) is 6.94. The van der Waals surface area contributed by atoms with Crippen LogP contribution in [0.4, 0.5) is 0 Å². The molecule has 2 aromatic rings. The lowest BCUT2D eigenvalue weighted by atomic mass is 9.85. The van der Waals surface area contributed by atoms with Crippen LogP contribution in [-0.2, 0) is 9.53 Å². The molecule has 0 aromatic heterocycles. The molecule has 0 fully saturated rings. The van der Waals surface area contributed by atoms with Gasteiger partial charge in [0, 0.05) is 0 Å². The number of aliphatic hydroxyl groups excluding tert-OH is 1. The molecule has 126 valence electrons. The molecule has 2 aliphatic heterocycles. The van der Waals surface area contributed by atoms with Gasteiger partial charge in [0.1, 0.15) is 17.5 Å². The van der Waals surface area contributed by atoms with Gasteiger partial charge in [0.25, 0.3) is 0 Å². The van der Waals surface area contributed by atoms with Gasteiger partial charge in [-0.05, 0) is 60.7 Å². The van der Waals surface area contributed by atoms with Crippen LogP contribution in [0.3, 0.4) is 0 Å². The molecule has 2 heterocycles. The number of rotatable bonds is 2. The third kappa shape index (κ3) is 2.35. The molecular weight excluding hydrogens is 312 g/mol. The maximum absolute atomic E-state index is 12.8. The van der Waals surface area contributed by atoms with Gasteiger partial charge in [0.05, 0.1) is 5.57 Å². The first-order valence-electron chi connectivity index (χ1n) is 8.43. The van der Waals surface area contributed by atoms with E-state index >= 15 is 0 Å². The Kier molecular flexibility index (Phi) is 3.44. The zero-order chi connectivity index (χ0) is 17.8. The fourth-order valence-electron chi connectivity index (χ4n) is 3.79. The Bertz CT molecular complexity index is 914. The largest absolute Gasteiger partial charge is 0.508 e. The highest BCUT2D eigenvalue weighted by molar-refractivity contribution is 6.26. The minimum atomic E-state index is -0.912. The van der Waals surface area contributed by atoms with Gasteiger partial charge in [-0.1, -0.05) is 42.5 Å². The van der Waals surface area contributed by atoms with Gasteiger partial charge < -0.3 is 9.84 Å². The van der Waals surface area contributed by atoms with E-state index in [4.69, 9.17) is 4.74 Å². The van der Waals surface area contributed by atoms with Crippen molar-refractivity contribution in [3.63, 3.8) is 0 Å². The van der Waals surface area contributed by atoms with Crippen molar-refractivity contribution in [2.45, 2.75) is 32.5 Å². The summed E-state index contributed by atoms with van der Waals surface area (Å²) in [5, 5.41) is 10.8. The van der Waals surface area contributed by atoms with Crippen LogP contribution in [0.5, 0.6) is 0 Å². The molecule has 3 nitrogen and oxygen atoms in total. The van der Waals surface area contributed by atoms with Crippen LogP contribution < -0.4 is 0 Å². The van der Waals surface area contributed by atoms with Gasteiger partial charge in [-0.2, -0.15) is 0 Å². The molecule has 0 amide bonds. The molecule has 4 rings (SSSR count). The van der Waals surface area contributed by atoms with E-state index in [-0.39, 0.29) is 11.5 Å². The van der Waals surface area contributed by atoms with E-state index in [2.05, 4.69) is 24.3 Å². The van der Waals surface area contributed by atoms with E-state index in [0.29, 0.717) is 5.57 Å². The van der Waals surface area contributed by atoms with Gasteiger partial charge in [-0.3, -0.25) is 4.79 Å². The molecule has 0 saturated heterocycles. The van der Waals surface area contributed by atoms with E-state index in [1.165, 1.54) is 0 Å². The summed E-state index contributed by atoms with van der Waals surface area (Å²) in [5.74, 6) is -0.177. The van der Waals surface area contributed by atoms with E-state index in [1.807, 2.05) is 32.0 Å². The summed E-state index contributed by atoms with van der Waals surface area (Å²) in [6.45, 7) is 5.75. The summed E-state index contributed by atoms with van der Waals surface area (Å²) in [5.41, 5.74) is 4.46. The first kappa shape index (κ1) is 15.9. The Balaban J connectivity index is 1.89. The Labute approximate surface area is 147 Å². The monoisotopic (exact) mass is 332 g/mol. The quantitative estimate of drug-likeness (QED) is 0.822. The number of fused-ring (bicyclic) bond motifs is 2. The molecule has 0 aliphatic carbocycles. The summed E-state index contributed by atoms with van der Waals surface area (Å²) in [6, 6.07) is 14.3. The number of carbonyl (C=O) groups excluding carboxylic acids is 1. The number of aliphatic hydroxyl groups is 1. The molecule has 2 atom stereocenters. The first-order chi connectivity index (χ1) is 11.9. The van der Waals surface area contributed by atoms with Crippen molar-refractivity contribution in [3.8, 4) is 11.1 Å². The predicted molar refractivity (Wildman–Crippen MR) is 98.3 cm³/mol. The van der Waals surface area contributed by atoms with E-state index < -0.39 is 11.7 Å². The van der Waals surface area contributed by atoms with Crippen LogP contribution >= 0.6 is 0 Å². The summed E-state index contributed by atoms with van der Waals surface area (Å²) in [4.78, 5) is 12.8. The molecule has 0 radical (unpaired) electrons. The van der Waals surface area contributed by atoms with Crippen molar-refractivity contribution in [1.82, 2.24) is 0 Å². The van der Waals surface area contributed by atoms with Crippen LogP contribution in [0.15, 0.2) is 60.4 Å². The van der Waals surface area contributed by atoms with Crippen molar-refractivity contribution in [1.29, 1.82) is 0 Å². The Morgan fingerprint density at radius 3 is 2.32 bits per heavy atom. The SMILES string of the molecule is Cc1cc(-c2ccccc2)cc(C)c1C1=C(O)[C@@]2(C)C=C[C@@H](O2)C1=O. The Morgan fingerprint density at radius 1 is 1.04 bits per heavy atom. The van der Waals surface area contributed by atoms with Gasteiger partial charge in [-0.15, -0.1) is 0 Å². The minimum absolute atomic E-state index is 0.00108. The van der Waals surface area contributed by atoms with Gasteiger partial charge in [0.15, 0.2) is 5.78 Å². The van der Waals surface area contributed by atoms with Crippen LogP contribution in [0.25, 0.3) is 16.7 Å². The number of ketones is 1. The normalized spacial score (nSPS) is 24.9. The second kappa shape index (κ2) is 5.43. The molecule has 2 aromatic carbocycles. The molecule has 1 N–H and O–H groups in total. The molecule has 0 unspecified atom stereocenters. The van der Waals surface area contributed by atoms with Gasteiger partial charge in [0.2, 0.25) is 0 Å². The maximum Gasteiger partial charge on any atom is 0.199 e. The number of Topliss-reactive ketones (excluding diaryl/α,β-unsaturated/α-hetero) is 1. The van der Waals surface area contributed by atoms with E-state index in [1.54, 1.807) is 19.1 Å². The second-order valence-electron chi connectivity index (χ2n) is 6.94. The molecule has 0 saturated carbocycles. The zero-order valence-electron chi connectivity index (χ0n) is 14.5. The van der Waals surface area contributed by atoms with Crippen molar-refractivity contribution in [2.75, 3.05) is 0 Å². The average molecular weight is 332 g/mol. The van der Waals surface area contributed by atoms with Crippen molar-refractivity contribution in [3.05, 3.63) is 77.1 Å². The molecule has 3 heteroatoms. The standard InChI is InChI=1S/C22H20O3/c1-13-11-16(15-7-5-4-6-8-15)12-14(2)18(13)19-20(23)17-9-10-22(3,25-17)21(19)24/h4-12,17,24H,1-3H3/t17-,22-/m1/s1. The fraction of sp³-hybridized carbons (Fsp3) is 0.227. The maximum atomic E-state index is 12.8. The Morgan fingerprint density at radius 2 is 1.68 bits per heavy atom. The number of benzene rings is 2. The summed E-state index contributed by atoms with van der Waals surface area (Å²) < 4.78 is 5.67. The highest BCUT2D eigenvalue weighted by atomic mass is 16.5. The van der Waals surface area contributed by atoms with Crippen LogP contribution in [0, 0.1) is 13.8 Å². The number of hydrogen-bond donors (Lipinski definition) is 1. The highest BCUT2D eigenvalue weighted by Gasteiger charge is 2.47. The van der Waals surface area contributed by atoms with Gasteiger partial charge in [-0.25, -0.2) is 0 Å². The molecule has 2 bridgehead atoms.